The Morgan fingerprint density at radius 1 is 0.961 bits per heavy atom. The van der Waals surface area contributed by atoms with Crippen molar-refractivity contribution >= 4 is 74.5 Å². The van der Waals surface area contributed by atoms with Gasteiger partial charge >= 0.3 is 5.91 Å². The van der Waals surface area contributed by atoms with Gasteiger partial charge in [0.05, 0.1) is 23.9 Å². The Hall–Kier alpha value is -4.88. The summed E-state index contributed by atoms with van der Waals surface area (Å²) in [6, 6.07) is 24.5. The number of ether oxygens (including phenoxy) is 2. The van der Waals surface area contributed by atoms with Crippen molar-refractivity contribution in [2.75, 3.05) is 11.5 Å². The van der Waals surface area contributed by atoms with Gasteiger partial charge in [-0.15, -0.1) is 10.2 Å². The Morgan fingerprint density at radius 3 is 2.55 bits per heavy atom. The molecule has 258 valence electrons. The van der Waals surface area contributed by atoms with Crippen LogP contribution in [0.15, 0.2) is 101 Å². The number of fused-ring (bicyclic) bond motifs is 1. The van der Waals surface area contributed by atoms with Gasteiger partial charge in [0.15, 0.2) is 21.6 Å². The Morgan fingerprint density at radius 2 is 1.76 bits per heavy atom. The molecule has 51 heavy (non-hydrogen) atoms. The first kappa shape index (κ1) is 34.6. The van der Waals surface area contributed by atoms with Crippen molar-refractivity contribution in [1.29, 1.82) is 0 Å². The van der Waals surface area contributed by atoms with Gasteiger partial charge in [-0.1, -0.05) is 94.8 Å². The Bertz CT molecular complexity index is 2310. The number of carbonyl (C=O) groups excluding carboxylic acids is 2. The van der Waals surface area contributed by atoms with Crippen LogP contribution in [0, 0.1) is 6.92 Å². The number of carbonyl (C=O) groups is 2. The summed E-state index contributed by atoms with van der Waals surface area (Å²) in [7, 11) is 0. The fourth-order valence-corrected chi connectivity index (χ4v) is 8.25. The van der Waals surface area contributed by atoms with Crippen molar-refractivity contribution in [3.8, 4) is 11.5 Å². The van der Waals surface area contributed by atoms with Crippen molar-refractivity contribution in [1.82, 2.24) is 19.6 Å². The topological polar surface area (TPSA) is 119 Å². The van der Waals surface area contributed by atoms with Crippen LogP contribution < -0.4 is 14.4 Å². The third-order valence-electron chi connectivity index (χ3n) is 8.16. The van der Waals surface area contributed by atoms with Gasteiger partial charge in [0.25, 0.3) is 5.78 Å². The highest BCUT2D eigenvalue weighted by molar-refractivity contribution is 8.00. The van der Waals surface area contributed by atoms with Gasteiger partial charge in [-0.05, 0) is 66.9 Å². The first-order valence-corrected chi connectivity index (χ1v) is 18.4. The minimum Gasteiger partial charge on any atom is -0.505 e. The highest BCUT2D eigenvalue weighted by Crippen LogP contribution is 2.46. The molecule has 0 saturated carbocycles. The zero-order valence-corrected chi connectivity index (χ0v) is 30.4. The van der Waals surface area contributed by atoms with Crippen LogP contribution in [0.25, 0.3) is 11.4 Å². The van der Waals surface area contributed by atoms with E-state index in [2.05, 4.69) is 15.2 Å². The lowest BCUT2D eigenvalue weighted by atomic mass is 9.96. The van der Waals surface area contributed by atoms with E-state index in [9.17, 15) is 14.7 Å². The molecule has 0 aliphatic carbocycles. The highest BCUT2D eigenvalue weighted by Gasteiger charge is 2.49. The summed E-state index contributed by atoms with van der Waals surface area (Å²) in [5.41, 5.74) is 3.57. The maximum atomic E-state index is 14.0. The Kier molecular flexibility index (Phi) is 10.0. The standard InChI is InChI=1S/C37H29Cl2N5O5S2/c1-3-48-28-17-23(13-15-27(28)49-19-22-9-5-4-6-10-22)32-30(33(45)31-21(2)40-29-11-7-8-16-43(29)31)34(46)35(47)44(32)36-41-42-37(51-36)50-20-24-12-14-25(38)18-26(24)39/h4-18,32,45H,3,19-20H2,1-2H3/b33-30+. The summed E-state index contributed by atoms with van der Waals surface area (Å²) in [6.45, 7) is 4.23. The normalized spacial score (nSPS) is 15.5. The minimum absolute atomic E-state index is 0.119. The smallest absolute Gasteiger partial charge is 0.301 e. The average Bonchev–Trinajstić information content (AvgIpc) is 3.80. The number of aryl methyl sites for hydroxylation is 1. The molecule has 1 atom stereocenters. The molecule has 3 aromatic carbocycles. The van der Waals surface area contributed by atoms with Gasteiger partial charge in [-0.25, -0.2) is 4.98 Å². The predicted octanol–water partition coefficient (Wildman–Crippen LogP) is 8.70. The number of aliphatic hydroxyl groups excluding tert-OH is 1. The van der Waals surface area contributed by atoms with Crippen LogP contribution in [0.4, 0.5) is 5.13 Å². The van der Waals surface area contributed by atoms with Crippen molar-refractivity contribution in [3.05, 3.63) is 135 Å². The van der Waals surface area contributed by atoms with Gasteiger partial charge in [0, 0.05) is 22.0 Å². The summed E-state index contributed by atoms with van der Waals surface area (Å²) >= 11 is 15.0. The van der Waals surface area contributed by atoms with Crippen LogP contribution in [0.3, 0.4) is 0 Å². The molecule has 1 saturated heterocycles. The molecule has 4 heterocycles. The summed E-state index contributed by atoms with van der Waals surface area (Å²) in [6.07, 6.45) is 1.74. The van der Waals surface area contributed by atoms with E-state index in [1.807, 2.05) is 49.4 Å². The molecule has 0 bridgehead atoms. The lowest BCUT2D eigenvalue weighted by Crippen LogP contribution is -2.29. The van der Waals surface area contributed by atoms with Crippen molar-refractivity contribution in [2.45, 2.75) is 36.6 Å². The number of hydrogen-bond donors (Lipinski definition) is 1. The molecule has 1 amide bonds. The second kappa shape index (κ2) is 14.8. The number of nitrogens with zero attached hydrogens (tertiary/aromatic N) is 5. The fourth-order valence-electron chi connectivity index (χ4n) is 5.83. The van der Waals surface area contributed by atoms with E-state index in [0.717, 1.165) is 22.5 Å². The number of aliphatic hydroxyl groups is 1. The summed E-state index contributed by atoms with van der Waals surface area (Å²) < 4.78 is 14.4. The molecule has 1 N–H and O–H groups in total. The highest BCUT2D eigenvalue weighted by atomic mass is 35.5. The lowest BCUT2D eigenvalue weighted by molar-refractivity contribution is -0.132. The van der Waals surface area contributed by atoms with Gasteiger partial charge in [-0.2, -0.15) is 0 Å². The van der Waals surface area contributed by atoms with Crippen LogP contribution in [0.2, 0.25) is 10.0 Å². The van der Waals surface area contributed by atoms with Gasteiger partial charge < -0.3 is 14.6 Å². The molecule has 14 heteroatoms. The largest absolute Gasteiger partial charge is 0.505 e. The second-order valence-electron chi connectivity index (χ2n) is 11.4. The number of thioether (sulfide) groups is 1. The summed E-state index contributed by atoms with van der Waals surface area (Å²) in [5, 5.41) is 21.9. The van der Waals surface area contributed by atoms with E-state index in [1.165, 1.54) is 16.7 Å². The van der Waals surface area contributed by atoms with Gasteiger partial charge in [-0.3, -0.25) is 18.9 Å². The molecule has 1 aliphatic rings. The first-order valence-electron chi connectivity index (χ1n) is 15.8. The van der Waals surface area contributed by atoms with Crippen LogP contribution in [-0.4, -0.2) is 43.0 Å². The van der Waals surface area contributed by atoms with Gasteiger partial charge in [0.2, 0.25) is 5.13 Å². The van der Waals surface area contributed by atoms with E-state index < -0.39 is 17.7 Å². The average molecular weight is 759 g/mol. The molecule has 1 fully saturated rings. The number of anilines is 1. The number of imidazole rings is 1. The van der Waals surface area contributed by atoms with Crippen LogP contribution in [-0.2, 0) is 21.9 Å². The van der Waals surface area contributed by atoms with E-state index in [0.29, 0.717) is 67.4 Å². The molecule has 10 nitrogen and oxygen atoms in total. The van der Waals surface area contributed by atoms with Crippen molar-refractivity contribution in [3.63, 3.8) is 0 Å². The molecule has 0 radical (unpaired) electrons. The number of hydrogen-bond acceptors (Lipinski definition) is 10. The number of benzene rings is 3. The number of rotatable bonds is 11. The monoisotopic (exact) mass is 757 g/mol. The lowest BCUT2D eigenvalue weighted by Gasteiger charge is -2.23. The minimum atomic E-state index is -1.09. The molecule has 3 aromatic heterocycles. The number of pyridine rings is 1. The fraction of sp³-hybridized carbons (Fsp3) is 0.162. The number of ketones is 1. The summed E-state index contributed by atoms with van der Waals surface area (Å²) in [5.74, 6) is -0.727. The van der Waals surface area contributed by atoms with E-state index >= 15 is 0 Å². The number of halogens is 2. The maximum absolute atomic E-state index is 14.0. The van der Waals surface area contributed by atoms with Gasteiger partial charge in [0.1, 0.15) is 17.9 Å². The van der Waals surface area contributed by atoms with Crippen molar-refractivity contribution in [2.24, 2.45) is 0 Å². The molecule has 0 spiro atoms. The molecule has 7 rings (SSSR count). The third-order valence-corrected chi connectivity index (χ3v) is 10.9. The molecular weight excluding hydrogens is 729 g/mol. The SMILES string of the molecule is CCOc1cc(C2/C(=C(\O)c3c(C)nc4ccccn34)C(=O)C(=O)N2c2nnc(SCc3ccc(Cl)cc3Cl)s2)ccc1OCc1ccccc1. The van der Waals surface area contributed by atoms with E-state index in [4.69, 9.17) is 32.7 Å². The predicted molar refractivity (Wildman–Crippen MR) is 199 cm³/mol. The Balaban J connectivity index is 1.31. The number of Topliss-reactive ketones (excluding diaryl/α,β-unsaturated/α-hetero) is 1. The summed E-state index contributed by atoms with van der Waals surface area (Å²) in [4.78, 5) is 33.8. The molecule has 1 aliphatic heterocycles. The van der Waals surface area contributed by atoms with E-state index in [-0.39, 0.29) is 16.5 Å². The van der Waals surface area contributed by atoms with Crippen LogP contribution >= 0.6 is 46.3 Å². The molecular formula is C37H29Cl2N5O5S2. The third kappa shape index (κ3) is 6.92. The molecule has 6 aromatic rings. The van der Waals surface area contributed by atoms with Crippen molar-refractivity contribution < 1.29 is 24.2 Å². The Labute approximate surface area is 311 Å². The maximum Gasteiger partial charge on any atom is 0.301 e. The zero-order valence-electron chi connectivity index (χ0n) is 27.2. The second-order valence-corrected chi connectivity index (χ2v) is 14.5. The quantitative estimate of drug-likeness (QED) is 0.0455. The number of amides is 1. The zero-order chi connectivity index (χ0) is 35.6. The van der Waals surface area contributed by atoms with Crippen LogP contribution in [0.5, 0.6) is 11.5 Å². The first-order chi connectivity index (χ1) is 24.7. The molecule has 1 unspecified atom stereocenters. The van der Waals surface area contributed by atoms with Crippen LogP contribution in [0.1, 0.15) is 41.0 Å². The number of aromatic nitrogens is 4. The van der Waals surface area contributed by atoms with E-state index in [1.54, 1.807) is 60.0 Å².